The lowest BCUT2D eigenvalue weighted by Gasteiger charge is -2.07. The third-order valence-corrected chi connectivity index (χ3v) is 3.85. The Labute approximate surface area is 148 Å². The summed E-state index contributed by atoms with van der Waals surface area (Å²) in [5.74, 6) is 0.774. The number of amides is 2. The predicted octanol–water partition coefficient (Wildman–Crippen LogP) is 3.00. The first-order valence-electron chi connectivity index (χ1n) is 9.80. The molecular formula is C19H39N3O2. The smallest absolute Gasteiger partial charge is 0.220 e. The van der Waals surface area contributed by atoms with Gasteiger partial charge in [0, 0.05) is 25.9 Å². The van der Waals surface area contributed by atoms with Crippen LogP contribution in [0.4, 0.5) is 0 Å². The third-order valence-electron chi connectivity index (χ3n) is 3.85. The van der Waals surface area contributed by atoms with E-state index in [1.165, 1.54) is 12.8 Å². The fourth-order valence-electron chi connectivity index (χ4n) is 2.49. The summed E-state index contributed by atoms with van der Waals surface area (Å²) in [5.41, 5.74) is 0. The van der Waals surface area contributed by atoms with Gasteiger partial charge in [0.05, 0.1) is 0 Å². The molecular weight excluding hydrogens is 302 g/mol. The Morgan fingerprint density at radius 2 is 1.33 bits per heavy atom. The maximum absolute atomic E-state index is 11.6. The molecule has 0 aromatic carbocycles. The average Bonchev–Trinajstić information content (AvgIpc) is 2.52. The van der Waals surface area contributed by atoms with Gasteiger partial charge in [-0.2, -0.15) is 0 Å². The second-order valence-electron chi connectivity index (χ2n) is 6.88. The van der Waals surface area contributed by atoms with E-state index in [9.17, 15) is 9.59 Å². The lowest BCUT2D eigenvalue weighted by molar-refractivity contribution is -0.122. The van der Waals surface area contributed by atoms with Gasteiger partial charge in [0.1, 0.15) is 0 Å². The molecule has 2 amide bonds. The lowest BCUT2D eigenvalue weighted by atomic mass is 10.1. The summed E-state index contributed by atoms with van der Waals surface area (Å²) in [5, 5.41) is 9.17. The van der Waals surface area contributed by atoms with E-state index in [-0.39, 0.29) is 11.8 Å². The van der Waals surface area contributed by atoms with Crippen LogP contribution < -0.4 is 16.0 Å². The van der Waals surface area contributed by atoms with Gasteiger partial charge in [0.2, 0.25) is 11.8 Å². The maximum Gasteiger partial charge on any atom is 0.220 e. The topological polar surface area (TPSA) is 70.2 Å². The summed E-state index contributed by atoms with van der Waals surface area (Å²) >= 11 is 0. The van der Waals surface area contributed by atoms with E-state index in [2.05, 4.69) is 36.7 Å². The molecule has 0 unspecified atom stereocenters. The molecule has 0 aromatic heterocycles. The zero-order valence-corrected chi connectivity index (χ0v) is 16.1. The second-order valence-corrected chi connectivity index (χ2v) is 6.88. The monoisotopic (exact) mass is 341 g/mol. The zero-order chi connectivity index (χ0) is 18.0. The molecule has 0 heterocycles. The van der Waals surface area contributed by atoms with Crippen molar-refractivity contribution in [1.29, 1.82) is 0 Å². The molecule has 0 aliphatic rings. The molecule has 142 valence electrons. The highest BCUT2D eigenvalue weighted by molar-refractivity contribution is 5.76. The van der Waals surface area contributed by atoms with E-state index < -0.39 is 0 Å². The molecule has 0 radical (unpaired) electrons. The van der Waals surface area contributed by atoms with E-state index in [1.54, 1.807) is 0 Å². The van der Waals surface area contributed by atoms with Crippen LogP contribution in [0.2, 0.25) is 0 Å². The summed E-state index contributed by atoms with van der Waals surface area (Å²) in [7, 11) is 0. The number of carbonyl (C=O) groups excluding carboxylic acids is 2. The normalized spacial score (nSPS) is 10.8. The van der Waals surface area contributed by atoms with Crippen LogP contribution in [-0.2, 0) is 9.59 Å². The Balaban J connectivity index is 3.24. The van der Waals surface area contributed by atoms with Crippen LogP contribution in [0.5, 0.6) is 0 Å². The molecule has 0 saturated carbocycles. The van der Waals surface area contributed by atoms with Gasteiger partial charge in [-0.15, -0.1) is 0 Å². The Kier molecular flexibility index (Phi) is 16.0. The standard InChI is InChI=1S/C19H39N3O2/c1-4-20-13-11-15-21-18(23)12-9-7-5-6-8-10-14-22-19(24)16-17(2)3/h17,20H,4-16H2,1-3H3,(H,21,23)(H,22,24). The Hall–Kier alpha value is -1.10. The maximum atomic E-state index is 11.6. The van der Waals surface area contributed by atoms with E-state index in [4.69, 9.17) is 0 Å². The molecule has 0 fully saturated rings. The average molecular weight is 342 g/mol. The molecule has 0 atom stereocenters. The fourth-order valence-corrected chi connectivity index (χ4v) is 2.49. The Bertz CT molecular complexity index is 320. The molecule has 0 saturated heterocycles. The summed E-state index contributed by atoms with van der Waals surface area (Å²) in [6.45, 7) is 9.72. The van der Waals surface area contributed by atoms with Gasteiger partial charge in [0.15, 0.2) is 0 Å². The number of nitrogens with one attached hydrogen (secondary N) is 3. The largest absolute Gasteiger partial charge is 0.356 e. The highest BCUT2D eigenvalue weighted by Gasteiger charge is 2.03. The number of carbonyl (C=O) groups is 2. The van der Waals surface area contributed by atoms with E-state index in [1.807, 2.05) is 0 Å². The van der Waals surface area contributed by atoms with Crippen molar-refractivity contribution in [3.05, 3.63) is 0 Å². The number of rotatable bonds is 16. The molecule has 3 N–H and O–H groups in total. The van der Waals surface area contributed by atoms with E-state index in [0.29, 0.717) is 18.8 Å². The molecule has 0 aromatic rings. The van der Waals surface area contributed by atoms with Crippen molar-refractivity contribution < 1.29 is 9.59 Å². The fraction of sp³-hybridized carbons (Fsp3) is 0.895. The highest BCUT2D eigenvalue weighted by atomic mass is 16.2. The van der Waals surface area contributed by atoms with Gasteiger partial charge < -0.3 is 16.0 Å². The van der Waals surface area contributed by atoms with Crippen molar-refractivity contribution >= 4 is 11.8 Å². The minimum absolute atomic E-state index is 0.168. The van der Waals surface area contributed by atoms with Crippen LogP contribution in [0, 0.1) is 5.92 Å². The summed E-state index contributed by atoms with van der Waals surface area (Å²) < 4.78 is 0. The van der Waals surface area contributed by atoms with Crippen LogP contribution in [0.1, 0.15) is 78.6 Å². The summed E-state index contributed by atoms with van der Waals surface area (Å²) in [6, 6.07) is 0. The van der Waals surface area contributed by atoms with Crippen LogP contribution in [0.25, 0.3) is 0 Å². The van der Waals surface area contributed by atoms with Crippen LogP contribution in [0.15, 0.2) is 0 Å². The minimum atomic E-state index is 0.168. The van der Waals surface area contributed by atoms with Crippen LogP contribution in [-0.4, -0.2) is 38.0 Å². The third kappa shape index (κ3) is 17.3. The molecule has 24 heavy (non-hydrogen) atoms. The molecule has 0 aliphatic heterocycles. The molecule has 0 rings (SSSR count). The number of unbranched alkanes of at least 4 members (excludes halogenated alkanes) is 5. The Morgan fingerprint density at radius 3 is 2.00 bits per heavy atom. The quantitative estimate of drug-likeness (QED) is 0.378. The number of hydrogen-bond acceptors (Lipinski definition) is 3. The van der Waals surface area contributed by atoms with Gasteiger partial charge in [-0.25, -0.2) is 0 Å². The molecule has 0 bridgehead atoms. The van der Waals surface area contributed by atoms with Gasteiger partial charge in [0.25, 0.3) is 0 Å². The summed E-state index contributed by atoms with van der Waals surface area (Å²) in [6.07, 6.45) is 8.91. The second kappa shape index (κ2) is 16.7. The predicted molar refractivity (Wildman–Crippen MR) is 101 cm³/mol. The molecule has 0 spiro atoms. The van der Waals surface area contributed by atoms with Crippen molar-refractivity contribution in [2.24, 2.45) is 5.92 Å². The van der Waals surface area contributed by atoms with Crippen molar-refractivity contribution in [3.63, 3.8) is 0 Å². The van der Waals surface area contributed by atoms with Crippen molar-refractivity contribution in [3.8, 4) is 0 Å². The Morgan fingerprint density at radius 1 is 0.750 bits per heavy atom. The van der Waals surface area contributed by atoms with Gasteiger partial charge in [-0.05, 0) is 38.3 Å². The first-order valence-corrected chi connectivity index (χ1v) is 9.80. The minimum Gasteiger partial charge on any atom is -0.356 e. The van der Waals surface area contributed by atoms with E-state index in [0.717, 1.165) is 58.3 Å². The van der Waals surface area contributed by atoms with Crippen molar-refractivity contribution in [1.82, 2.24) is 16.0 Å². The highest BCUT2D eigenvalue weighted by Crippen LogP contribution is 2.07. The first kappa shape index (κ1) is 22.9. The first-order chi connectivity index (χ1) is 11.6. The van der Waals surface area contributed by atoms with Crippen LogP contribution >= 0.6 is 0 Å². The molecule has 5 heteroatoms. The lowest BCUT2D eigenvalue weighted by Crippen LogP contribution is -2.27. The van der Waals surface area contributed by atoms with Gasteiger partial charge >= 0.3 is 0 Å². The van der Waals surface area contributed by atoms with Crippen LogP contribution in [0.3, 0.4) is 0 Å². The SMILES string of the molecule is CCNCCCNC(=O)CCCCCCCCNC(=O)CC(C)C. The zero-order valence-electron chi connectivity index (χ0n) is 16.1. The van der Waals surface area contributed by atoms with E-state index >= 15 is 0 Å². The van der Waals surface area contributed by atoms with Gasteiger partial charge in [-0.3, -0.25) is 9.59 Å². The van der Waals surface area contributed by atoms with Crippen molar-refractivity contribution in [2.75, 3.05) is 26.2 Å². The van der Waals surface area contributed by atoms with Gasteiger partial charge in [-0.1, -0.05) is 46.5 Å². The number of hydrogen-bond donors (Lipinski definition) is 3. The van der Waals surface area contributed by atoms with Crippen molar-refractivity contribution in [2.45, 2.75) is 78.6 Å². The molecule has 0 aliphatic carbocycles. The molecule has 5 nitrogen and oxygen atoms in total. The summed E-state index contributed by atoms with van der Waals surface area (Å²) in [4.78, 5) is 23.1.